The molecule has 0 atom stereocenters. The van der Waals surface area contributed by atoms with E-state index >= 15 is 0 Å². The Hall–Kier alpha value is -2.04. The highest BCUT2D eigenvalue weighted by atomic mass is 16.6. The zero-order valence-corrected chi connectivity index (χ0v) is 10.4. The van der Waals surface area contributed by atoms with Crippen LogP contribution >= 0.6 is 0 Å². The molecule has 2 rings (SSSR count). The first-order valence-corrected chi connectivity index (χ1v) is 5.78. The van der Waals surface area contributed by atoms with Crippen LogP contribution in [0.2, 0.25) is 0 Å². The largest absolute Gasteiger partial charge is 0.497 e. The predicted molar refractivity (Wildman–Crippen MR) is 67.5 cm³/mol. The number of nitrogens with zero attached hydrogens (tertiary/aromatic N) is 1. The lowest BCUT2D eigenvalue weighted by Crippen LogP contribution is -2.10. The van der Waals surface area contributed by atoms with Gasteiger partial charge in [0, 0.05) is 18.6 Å². The van der Waals surface area contributed by atoms with Crippen LogP contribution in [0.3, 0.4) is 0 Å². The molecule has 0 aliphatic carbocycles. The van der Waals surface area contributed by atoms with Gasteiger partial charge in [-0.15, -0.1) is 0 Å². The number of methoxy groups -OCH3 is 1. The topological polar surface area (TPSA) is 61.6 Å². The number of hydrogen-bond acceptors (Lipinski definition) is 4. The smallest absolute Gasteiger partial charge is 0.243 e. The Morgan fingerprint density at radius 3 is 3.00 bits per heavy atom. The van der Waals surface area contributed by atoms with Gasteiger partial charge in [0.25, 0.3) is 0 Å². The fourth-order valence-electron chi connectivity index (χ4n) is 1.98. The van der Waals surface area contributed by atoms with Gasteiger partial charge in [0.1, 0.15) is 11.5 Å². The van der Waals surface area contributed by atoms with Gasteiger partial charge in [0.05, 0.1) is 18.6 Å². The minimum atomic E-state index is -0.408. The molecule has 1 aliphatic rings. The quantitative estimate of drug-likeness (QED) is 0.610. The molecule has 0 saturated heterocycles. The van der Waals surface area contributed by atoms with Crippen molar-refractivity contribution >= 4 is 6.08 Å². The molecule has 1 aromatic rings. The standard InChI is InChI=1S/C13H15NO4/c1-9(14(15)16)6-11-8-12(17-2)7-10-4-3-5-18-13(10)11/h6-8H,3-5H2,1-2H3. The Labute approximate surface area is 105 Å². The number of fused-ring (bicyclic) bond motifs is 1. The molecule has 1 aliphatic heterocycles. The third-order valence-electron chi connectivity index (χ3n) is 2.89. The van der Waals surface area contributed by atoms with Gasteiger partial charge >= 0.3 is 0 Å². The van der Waals surface area contributed by atoms with E-state index in [9.17, 15) is 10.1 Å². The number of aryl methyl sites for hydroxylation is 1. The molecule has 1 heterocycles. The molecular formula is C13H15NO4. The summed E-state index contributed by atoms with van der Waals surface area (Å²) in [6.45, 7) is 2.12. The monoisotopic (exact) mass is 249 g/mol. The minimum Gasteiger partial charge on any atom is -0.497 e. The molecule has 0 spiro atoms. The minimum absolute atomic E-state index is 0.0830. The summed E-state index contributed by atoms with van der Waals surface area (Å²) in [5.74, 6) is 1.44. The van der Waals surface area contributed by atoms with Gasteiger partial charge in [-0.2, -0.15) is 0 Å². The van der Waals surface area contributed by atoms with Crippen LogP contribution in [0.1, 0.15) is 24.5 Å². The van der Waals surface area contributed by atoms with Crippen molar-refractivity contribution < 1.29 is 14.4 Å². The second-order valence-corrected chi connectivity index (χ2v) is 4.20. The van der Waals surface area contributed by atoms with E-state index in [-0.39, 0.29) is 5.70 Å². The van der Waals surface area contributed by atoms with Crippen molar-refractivity contribution in [1.82, 2.24) is 0 Å². The van der Waals surface area contributed by atoms with Crippen LogP contribution in [0.5, 0.6) is 11.5 Å². The first kappa shape index (κ1) is 12.4. The second-order valence-electron chi connectivity index (χ2n) is 4.20. The van der Waals surface area contributed by atoms with Crippen molar-refractivity contribution in [3.05, 3.63) is 39.1 Å². The van der Waals surface area contributed by atoms with Crippen LogP contribution < -0.4 is 9.47 Å². The molecule has 0 unspecified atom stereocenters. The van der Waals surface area contributed by atoms with Gasteiger partial charge in [0.15, 0.2) is 0 Å². The number of allylic oxidation sites excluding steroid dienone is 1. The number of ether oxygens (including phenoxy) is 2. The van der Waals surface area contributed by atoms with E-state index < -0.39 is 4.92 Å². The fourth-order valence-corrected chi connectivity index (χ4v) is 1.98. The highest BCUT2D eigenvalue weighted by molar-refractivity contribution is 5.63. The maximum Gasteiger partial charge on any atom is 0.243 e. The maximum absolute atomic E-state index is 10.7. The fraction of sp³-hybridized carbons (Fsp3) is 0.385. The summed E-state index contributed by atoms with van der Waals surface area (Å²) < 4.78 is 10.8. The second kappa shape index (κ2) is 5.08. The third-order valence-corrected chi connectivity index (χ3v) is 2.89. The van der Waals surface area contributed by atoms with Gasteiger partial charge < -0.3 is 9.47 Å². The lowest BCUT2D eigenvalue weighted by Gasteiger charge is -2.20. The lowest BCUT2D eigenvalue weighted by molar-refractivity contribution is -0.422. The average molecular weight is 249 g/mol. The van der Waals surface area contributed by atoms with Crippen LogP contribution in [0.25, 0.3) is 6.08 Å². The molecular weight excluding hydrogens is 234 g/mol. The molecule has 18 heavy (non-hydrogen) atoms. The van der Waals surface area contributed by atoms with Gasteiger partial charge in [-0.25, -0.2) is 0 Å². The van der Waals surface area contributed by atoms with Gasteiger partial charge in [0.2, 0.25) is 5.70 Å². The molecule has 1 aromatic carbocycles. The van der Waals surface area contributed by atoms with E-state index in [1.165, 1.54) is 13.0 Å². The summed E-state index contributed by atoms with van der Waals surface area (Å²) in [6.07, 6.45) is 3.38. The first-order chi connectivity index (χ1) is 8.61. The summed E-state index contributed by atoms with van der Waals surface area (Å²) in [7, 11) is 1.58. The predicted octanol–water partition coefficient (Wildman–Crippen LogP) is 2.66. The van der Waals surface area contributed by atoms with Crippen molar-refractivity contribution in [2.75, 3.05) is 13.7 Å². The van der Waals surface area contributed by atoms with Crippen molar-refractivity contribution in [2.24, 2.45) is 0 Å². The summed E-state index contributed by atoms with van der Waals surface area (Å²) in [5, 5.41) is 10.7. The molecule has 0 bridgehead atoms. The highest BCUT2D eigenvalue weighted by Gasteiger charge is 2.17. The Bertz CT molecular complexity index is 508. The molecule has 5 heteroatoms. The van der Waals surface area contributed by atoms with Crippen molar-refractivity contribution in [3.8, 4) is 11.5 Å². The van der Waals surface area contributed by atoms with Crippen molar-refractivity contribution in [1.29, 1.82) is 0 Å². The third kappa shape index (κ3) is 2.45. The van der Waals surface area contributed by atoms with E-state index in [2.05, 4.69) is 0 Å². The molecule has 0 fully saturated rings. The number of benzene rings is 1. The van der Waals surface area contributed by atoms with Gasteiger partial charge in [-0.1, -0.05) is 0 Å². The van der Waals surface area contributed by atoms with Crippen molar-refractivity contribution in [2.45, 2.75) is 19.8 Å². The molecule has 0 saturated carbocycles. The maximum atomic E-state index is 10.7. The van der Waals surface area contributed by atoms with E-state index in [0.717, 1.165) is 24.2 Å². The Balaban J connectivity index is 2.50. The Morgan fingerprint density at radius 1 is 1.56 bits per heavy atom. The molecule has 0 aromatic heterocycles. The average Bonchev–Trinajstić information content (AvgIpc) is 2.38. The number of nitro groups is 1. The summed E-state index contributed by atoms with van der Waals surface area (Å²) in [6, 6.07) is 3.68. The van der Waals surface area contributed by atoms with Gasteiger partial charge in [-0.05, 0) is 30.5 Å². The highest BCUT2D eigenvalue weighted by Crippen LogP contribution is 2.34. The number of hydrogen-bond donors (Lipinski definition) is 0. The Morgan fingerprint density at radius 2 is 2.33 bits per heavy atom. The molecule has 5 nitrogen and oxygen atoms in total. The normalized spacial score (nSPS) is 14.7. The van der Waals surface area contributed by atoms with E-state index in [0.29, 0.717) is 17.9 Å². The van der Waals surface area contributed by atoms with Crippen molar-refractivity contribution in [3.63, 3.8) is 0 Å². The van der Waals surface area contributed by atoms with Crippen LogP contribution in [-0.2, 0) is 6.42 Å². The lowest BCUT2D eigenvalue weighted by atomic mass is 10.0. The summed E-state index contributed by atoms with van der Waals surface area (Å²) in [5.41, 5.74) is 1.83. The zero-order chi connectivity index (χ0) is 13.1. The zero-order valence-electron chi connectivity index (χ0n) is 10.4. The molecule has 0 radical (unpaired) electrons. The van der Waals surface area contributed by atoms with Crippen LogP contribution in [0.4, 0.5) is 0 Å². The van der Waals surface area contributed by atoms with Crippen LogP contribution in [0, 0.1) is 10.1 Å². The molecule has 0 N–H and O–H groups in total. The van der Waals surface area contributed by atoms with E-state index in [1.54, 1.807) is 13.2 Å². The summed E-state index contributed by atoms with van der Waals surface area (Å²) >= 11 is 0. The first-order valence-electron chi connectivity index (χ1n) is 5.78. The Kier molecular flexibility index (Phi) is 3.50. The number of rotatable bonds is 3. The van der Waals surface area contributed by atoms with Crippen LogP contribution in [0.15, 0.2) is 17.8 Å². The molecule has 0 amide bonds. The van der Waals surface area contributed by atoms with Crippen LogP contribution in [-0.4, -0.2) is 18.6 Å². The van der Waals surface area contributed by atoms with Gasteiger partial charge in [-0.3, -0.25) is 10.1 Å². The summed E-state index contributed by atoms with van der Waals surface area (Å²) in [4.78, 5) is 10.3. The SMILES string of the molecule is COc1cc(C=C(C)[N+](=O)[O-])c2c(c1)CCCO2. The van der Waals surface area contributed by atoms with E-state index in [1.807, 2.05) is 6.07 Å². The molecule has 96 valence electrons. The van der Waals surface area contributed by atoms with E-state index in [4.69, 9.17) is 9.47 Å².